The molecular weight excluding hydrogens is 572 g/mol. The van der Waals surface area contributed by atoms with Gasteiger partial charge >= 0.3 is 18.1 Å². The highest BCUT2D eigenvalue weighted by Gasteiger charge is 2.12. The molecule has 0 bridgehead atoms. The SMILES string of the molecule is C=COCCCOC(=O)Oc1ccc(-c2ccc(C(=O)Oc3ccc4cc(OC(=O)C(=C)C)ccc4c3)cc2)cc1.CC.CC. The summed E-state index contributed by atoms with van der Waals surface area (Å²) in [7, 11) is 0. The molecule has 45 heavy (non-hydrogen) atoms. The first-order valence-electron chi connectivity index (χ1n) is 14.7. The maximum absolute atomic E-state index is 12.8. The summed E-state index contributed by atoms with van der Waals surface area (Å²) in [4.78, 5) is 36.3. The lowest BCUT2D eigenvalue weighted by Crippen LogP contribution is -2.12. The predicted molar refractivity (Wildman–Crippen MR) is 177 cm³/mol. The van der Waals surface area contributed by atoms with Gasteiger partial charge in [0.1, 0.15) is 17.2 Å². The van der Waals surface area contributed by atoms with Crippen molar-refractivity contribution in [1.29, 1.82) is 0 Å². The van der Waals surface area contributed by atoms with Crippen LogP contribution in [0.4, 0.5) is 4.79 Å². The molecule has 4 rings (SSSR count). The molecule has 0 saturated heterocycles. The molecule has 0 N–H and O–H groups in total. The van der Waals surface area contributed by atoms with Crippen LogP contribution in [0.1, 0.15) is 51.4 Å². The number of fused-ring (bicyclic) bond motifs is 1. The summed E-state index contributed by atoms with van der Waals surface area (Å²) in [6, 6.07) is 24.3. The summed E-state index contributed by atoms with van der Waals surface area (Å²) in [5, 5.41) is 1.64. The van der Waals surface area contributed by atoms with E-state index in [1.807, 2.05) is 27.7 Å². The van der Waals surface area contributed by atoms with Crippen LogP contribution in [0.5, 0.6) is 17.2 Å². The van der Waals surface area contributed by atoms with Crippen LogP contribution in [0.2, 0.25) is 0 Å². The van der Waals surface area contributed by atoms with Crippen LogP contribution < -0.4 is 14.2 Å². The quantitative estimate of drug-likeness (QED) is 0.0413. The molecule has 0 atom stereocenters. The Balaban J connectivity index is 0.00000169. The van der Waals surface area contributed by atoms with E-state index in [-0.39, 0.29) is 6.61 Å². The Morgan fingerprint density at radius 1 is 0.667 bits per heavy atom. The molecule has 0 unspecified atom stereocenters. The van der Waals surface area contributed by atoms with E-state index < -0.39 is 18.1 Å². The molecule has 0 saturated carbocycles. The summed E-state index contributed by atoms with van der Waals surface area (Å²) in [5.74, 6) is 0.146. The van der Waals surface area contributed by atoms with E-state index in [0.717, 1.165) is 21.9 Å². The first-order chi connectivity index (χ1) is 21.8. The maximum Gasteiger partial charge on any atom is 0.513 e. The molecule has 0 fully saturated rings. The van der Waals surface area contributed by atoms with Gasteiger partial charge in [0.25, 0.3) is 0 Å². The summed E-state index contributed by atoms with van der Waals surface area (Å²) in [6.45, 7) is 17.2. The third-order valence-electron chi connectivity index (χ3n) is 5.81. The van der Waals surface area contributed by atoms with Gasteiger partial charge in [0, 0.05) is 12.0 Å². The monoisotopic (exact) mass is 612 g/mol. The van der Waals surface area contributed by atoms with E-state index in [0.29, 0.717) is 41.4 Å². The second-order valence-electron chi connectivity index (χ2n) is 8.92. The molecule has 0 aliphatic carbocycles. The molecule has 0 amide bonds. The summed E-state index contributed by atoms with van der Waals surface area (Å²) >= 11 is 0. The van der Waals surface area contributed by atoms with Gasteiger partial charge in [0.15, 0.2) is 0 Å². The fourth-order valence-electron chi connectivity index (χ4n) is 3.71. The number of carbonyl (C=O) groups is 3. The van der Waals surface area contributed by atoms with Crippen molar-refractivity contribution in [2.45, 2.75) is 41.0 Å². The van der Waals surface area contributed by atoms with E-state index in [1.165, 1.54) is 6.26 Å². The normalized spacial score (nSPS) is 9.71. The maximum atomic E-state index is 12.8. The second kappa shape index (κ2) is 19.0. The first-order valence-corrected chi connectivity index (χ1v) is 14.7. The van der Waals surface area contributed by atoms with Crippen molar-refractivity contribution in [2.24, 2.45) is 0 Å². The van der Waals surface area contributed by atoms with Crippen molar-refractivity contribution >= 4 is 28.9 Å². The minimum atomic E-state index is -0.792. The van der Waals surface area contributed by atoms with Crippen molar-refractivity contribution in [3.8, 4) is 28.4 Å². The van der Waals surface area contributed by atoms with Crippen LogP contribution in [-0.2, 0) is 14.3 Å². The number of rotatable bonds is 11. The molecule has 0 aromatic heterocycles. The number of hydrogen-bond donors (Lipinski definition) is 0. The average molecular weight is 613 g/mol. The molecule has 8 nitrogen and oxygen atoms in total. The zero-order valence-electron chi connectivity index (χ0n) is 26.5. The van der Waals surface area contributed by atoms with Gasteiger partial charge in [-0.3, -0.25) is 0 Å². The van der Waals surface area contributed by atoms with Gasteiger partial charge in [0.2, 0.25) is 0 Å². The summed E-state index contributed by atoms with van der Waals surface area (Å²) in [5.41, 5.74) is 2.43. The highest BCUT2D eigenvalue weighted by Crippen LogP contribution is 2.27. The third kappa shape index (κ3) is 11.3. The number of esters is 2. The van der Waals surface area contributed by atoms with E-state index in [9.17, 15) is 14.4 Å². The number of hydrogen-bond acceptors (Lipinski definition) is 8. The van der Waals surface area contributed by atoms with Crippen molar-refractivity contribution in [3.05, 3.63) is 115 Å². The smallest absolute Gasteiger partial charge is 0.502 e. The van der Waals surface area contributed by atoms with E-state index in [4.69, 9.17) is 23.7 Å². The van der Waals surface area contributed by atoms with Gasteiger partial charge in [-0.2, -0.15) is 0 Å². The second-order valence-corrected chi connectivity index (χ2v) is 8.92. The van der Waals surface area contributed by atoms with Gasteiger partial charge in [-0.1, -0.05) is 77.3 Å². The lowest BCUT2D eigenvalue weighted by Gasteiger charge is -2.09. The van der Waals surface area contributed by atoms with Gasteiger partial charge in [-0.25, -0.2) is 14.4 Å². The Bertz CT molecular complexity index is 1570. The highest BCUT2D eigenvalue weighted by atomic mass is 16.7. The Morgan fingerprint density at radius 3 is 1.71 bits per heavy atom. The lowest BCUT2D eigenvalue weighted by molar-refractivity contribution is -0.130. The van der Waals surface area contributed by atoms with Gasteiger partial charge in [-0.15, -0.1) is 0 Å². The van der Waals surface area contributed by atoms with Gasteiger partial charge < -0.3 is 23.7 Å². The summed E-state index contributed by atoms with van der Waals surface area (Å²) < 4.78 is 26.0. The summed E-state index contributed by atoms with van der Waals surface area (Å²) in [6.07, 6.45) is 1.07. The zero-order valence-corrected chi connectivity index (χ0v) is 26.5. The van der Waals surface area contributed by atoms with Crippen LogP contribution in [0.3, 0.4) is 0 Å². The Labute approximate surface area is 264 Å². The van der Waals surface area contributed by atoms with Crippen molar-refractivity contribution in [2.75, 3.05) is 13.2 Å². The van der Waals surface area contributed by atoms with E-state index in [1.54, 1.807) is 91.9 Å². The number of ether oxygens (including phenoxy) is 5. The van der Waals surface area contributed by atoms with Crippen LogP contribution in [0.25, 0.3) is 21.9 Å². The zero-order chi connectivity index (χ0) is 33.2. The standard InChI is InChI=1S/C33H28O8.2C2H6/c1-4-37-18-5-19-38-33(36)41-28-14-10-24(11-15-28)23-6-8-25(9-7-23)32(35)40-30-17-13-26-20-29(16-12-27(26)21-30)39-31(34)22(2)3;2*1-2/h4,6-17,20-21H,1-2,5,18-19H2,3H3;2*1-2H3. The topological polar surface area (TPSA) is 97.4 Å². The lowest BCUT2D eigenvalue weighted by atomic mass is 10.0. The fraction of sp³-hybridized carbons (Fsp3) is 0.216. The molecule has 0 heterocycles. The molecule has 4 aromatic rings. The molecule has 0 aliphatic heterocycles. The predicted octanol–water partition coefficient (Wildman–Crippen LogP) is 9.33. The van der Waals surface area contributed by atoms with Crippen LogP contribution in [-0.4, -0.2) is 31.3 Å². The minimum Gasteiger partial charge on any atom is -0.502 e. The van der Waals surface area contributed by atoms with Crippen molar-refractivity contribution < 1.29 is 38.1 Å². The minimum absolute atomic E-state index is 0.177. The molecule has 0 aliphatic rings. The number of benzene rings is 4. The van der Waals surface area contributed by atoms with E-state index in [2.05, 4.69) is 13.2 Å². The Hall–Kier alpha value is -5.37. The molecule has 0 radical (unpaired) electrons. The Kier molecular flexibility index (Phi) is 15.1. The largest absolute Gasteiger partial charge is 0.513 e. The van der Waals surface area contributed by atoms with Crippen LogP contribution in [0, 0.1) is 0 Å². The van der Waals surface area contributed by atoms with Crippen LogP contribution >= 0.6 is 0 Å². The molecule has 4 aromatic carbocycles. The van der Waals surface area contributed by atoms with Gasteiger partial charge in [0.05, 0.1) is 25.0 Å². The highest BCUT2D eigenvalue weighted by molar-refractivity contribution is 5.93. The Morgan fingerprint density at radius 2 is 1.18 bits per heavy atom. The molecule has 0 spiro atoms. The number of carbonyl (C=O) groups excluding carboxylic acids is 3. The molecule has 8 heteroatoms. The first kappa shape index (κ1) is 35.8. The molecule has 236 valence electrons. The third-order valence-corrected chi connectivity index (χ3v) is 5.81. The fourth-order valence-corrected chi connectivity index (χ4v) is 3.71. The van der Waals surface area contributed by atoms with Crippen LogP contribution in [0.15, 0.2) is 110 Å². The van der Waals surface area contributed by atoms with Crippen molar-refractivity contribution in [3.63, 3.8) is 0 Å². The van der Waals surface area contributed by atoms with Crippen molar-refractivity contribution in [1.82, 2.24) is 0 Å². The molecular formula is C37H40O8. The average Bonchev–Trinajstić information content (AvgIpc) is 3.07. The van der Waals surface area contributed by atoms with Gasteiger partial charge in [-0.05, 0) is 77.4 Å². The van der Waals surface area contributed by atoms with E-state index >= 15 is 0 Å².